The Labute approximate surface area is 154 Å². The molecule has 0 radical (unpaired) electrons. The number of amides is 2. The van der Waals surface area contributed by atoms with Crippen LogP contribution in [0.4, 0.5) is 9.18 Å². The van der Waals surface area contributed by atoms with Gasteiger partial charge in [-0.25, -0.2) is 14.2 Å². The number of aryl methyl sites for hydroxylation is 1. The van der Waals surface area contributed by atoms with E-state index in [1.807, 2.05) is 30.2 Å². The van der Waals surface area contributed by atoms with Gasteiger partial charge in [0.1, 0.15) is 11.6 Å². The number of hydrogen-bond donors (Lipinski definition) is 0. The number of likely N-dealkylation sites (tertiary alicyclic amines) is 1. The van der Waals surface area contributed by atoms with E-state index in [2.05, 4.69) is 9.55 Å². The van der Waals surface area contributed by atoms with Crippen LogP contribution in [0.1, 0.15) is 29.9 Å². The zero-order valence-corrected chi connectivity index (χ0v) is 15.8. The molecular formula is C20H27FN4O. The molecule has 5 nitrogen and oxygen atoms in total. The van der Waals surface area contributed by atoms with Crippen molar-refractivity contribution in [1.29, 1.82) is 0 Å². The number of halogens is 1. The van der Waals surface area contributed by atoms with E-state index in [1.54, 1.807) is 19.0 Å². The highest BCUT2D eigenvalue weighted by Gasteiger charge is 2.26. The summed E-state index contributed by atoms with van der Waals surface area (Å²) in [4.78, 5) is 20.4. The number of nitrogens with zero attached hydrogens (tertiary/aromatic N) is 4. The molecule has 1 saturated heterocycles. The van der Waals surface area contributed by atoms with Crippen molar-refractivity contribution >= 4 is 6.03 Å². The predicted octanol–water partition coefficient (Wildman–Crippen LogP) is 3.32. The van der Waals surface area contributed by atoms with Crippen LogP contribution in [0.25, 0.3) is 0 Å². The minimum absolute atomic E-state index is 0.0838. The molecule has 2 heterocycles. The summed E-state index contributed by atoms with van der Waals surface area (Å²) >= 11 is 0. The van der Waals surface area contributed by atoms with E-state index in [0.29, 0.717) is 12.5 Å². The minimum Gasteiger partial charge on any atom is -0.331 e. The fourth-order valence-electron chi connectivity index (χ4n) is 3.61. The Morgan fingerprint density at radius 2 is 2.04 bits per heavy atom. The molecule has 0 spiro atoms. The van der Waals surface area contributed by atoms with Gasteiger partial charge in [0, 0.05) is 52.0 Å². The number of urea groups is 1. The van der Waals surface area contributed by atoms with Crippen LogP contribution in [-0.4, -0.2) is 52.6 Å². The van der Waals surface area contributed by atoms with Gasteiger partial charge in [-0.15, -0.1) is 0 Å². The second kappa shape index (κ2) is 7.89. The molecule has 1 unspecified atom stereocenters. The molecule has 0 aliphatic carbocycles. The number of imidazole rings is 1. The first-order chi connectivity index (χ1) is 12.4. The van der Waals surface area contributed by atoms with Crippen LogP contribution in [0.15, 0.2) is 30.5 Å². The Hall–Kier alpha value is -2.37. The summed E-state index contributed by atoms with van der Waals surface area (Å²) in [5.74, 6) is 1.24. The van der Waals surface area contributed by atoms with Gasteiger partial charge in [-0.2, -0.15) is 0 Å². The lowest BCUT2D eigenvalue weighted by Crippen LogP contribution is -2.45. The molecule has 0 N–H and O–H groups in total. The van der Waals surface area contributed by atoms with Gasteiger partial charge in [0.2, 0.25) is 0 Å². The number of hydrogen-bond acceptors (Lipinski definition) is 2. The lowest BCUT2D eigenvalue weighted by Gasteiger charge is -2.34. The summed E-state index contributed by atoms with van der Waals surface area (Å²) in [6.45, 7) is 4.34. The fourth-order valence-corrected chi connectivity index (χ4v) is 3.61. The molecule has 0 bridgehead atoms. The van der Waals surface area contributed by atoms with Gasteiger partial charge in [-0.3, -0.25) is 0 Å². The van der Waals surface area contributed by atoms with Crippen molar-refractivity contribution in [1.82, 2.24) is 19.4 Å². The van der Waals surface area contributed by atoms with Crippen molar-refractivity contribution in [2.24, 2.45) is 5.92 Å². The molecule has 6 heteroatoms. The van der Waals surface area contributed by atoms with E-state index in [0.717, 1.165) is 49.4 Å². The SMILES string of the molecule is Cc1cnc(CC2CCCN(C(=O)N(C)C)C2)n1Cc1ccc(F)cc1. The Kier molecular flexibility index (Phi) is 5.59. The van der Waals surface area contributed by atoms with Crippen LogP contribution in [0.3, 0.4) is 0 Å². The number of aromatic nitrogens is 2. The van der Waals surface area contributed by atoms with Crippen molar-refractivity contribution < 1.29 is 9.18 Å². The van der Waals surface area contributed by atoms with E-state index >= 15 is 0 Å². The zero-order chi connectivity index (χ0) is 18.7. The molecule has 2 aromatic rings. The summed E-state index contributed by atoms with van der Waals surface area (Å²) in [5.41, 5.74) is 2.16. The highest BCUT2D eigenvalue weighted by Crippen LogP contribution is 2.22. The summed E-state index contributed by atoms with van der Waals surface area (Å²) in [7, 11) is 3.59. The summed E-state index contributed by atoms with van der Waals surface area (Å²) in [6.07, 6.45) is 4.89. The zero-order valence-electron chi connectivity index (χ0n) is 15.8. The molecule has 1 aromatic carbocycles. The quantitative estimate of drug-likeness (QED) is 0.841. The minimum atomic E-state index is -0.218. The van der Waals surface area contributed by atoms with Gasteiger partial charge >= 0.3 is 6.03 Å². The largest absolute Gasteiger partial charge is 0.331 e. The normalized spacial score (nSPS) is 17.4. The molecule has 1 aliphatic heterocycles. The van der Waals surface area contributed by atoms with E-state index in [4.69, 9.17) is 0 Å². The average Bonchev–Trinajstić information content (AvgIpc) is 2.96. The highest BCUT2D eigenvalue weighted by molar-refractivity contribution is 5.73. The Balaban J connectivity index is 1.70. The van der Waals surface area contributed by atoms with Gasteiger partial charge in [0.15, 0.2) is 0 Å². The fraction of sp³-hybridized carbons (Fsp3) is 0.500. The van der Waals surface area contributed by atoms with Crippen molar-refractivity contribution in [2.45, 2.75) is 32.7 Å². The van der Waals surface area contributed by atoms with Gasteiger partial charge in [0.05, 0.1) is 0 Å². The molecule has 140 valence electrons. The molecule has 3 rings (SSSR count). The molecule has 0 saturated carbocycles. The van der Waals surface area contributed by atoms with Crippen LogP contribution in [0, 0.1) is 18.7 Å². The first-order valence-corrected chi connectivity index (χ1v) is 9.15. The lowest BCUT2D eigenvalue weighted by molar-refractivity contribution is 0.142. The van der Waals surface area contributed by atoms with Crippen molar-refractivity contribution in [2.75, 3.05) is 27.2 Å². The van der Waals surface area contributed by atoms with E-state index in [-0.39, 0.29) is 11.8 Å². The van der Waals surface area contributed by atoms with E-state index in [9.17, 15) is 9.18 Å². The standard InChI is InChI=1S/C20H27FN4O/c1-15-12-22-19(25(15)14-16-6-8-18(21)9-7-16)11-17-5-4-10-24(13-17)20(26)23(2)3/h6-9,12,17H,4-5,10-11,13-14H2,1-3H3. The maximum absolute atomic E-state index is 13.1. The maximum Gasteiger partial charge on any atom is 0.319 e. The van der Waals surface area contributed by atoms with Crippen molar-refractivity contribution in [3.8, 4) is 0 Å². The highest BCUT2D eigenvalue weighted by atomic mass is 19.1. The van der Waals surface area contributed by atoms with Gasteiger partial charge in [-0.1, -0.05) is 12.1 Å². The molecule has 1 atom stereocenters. The van der Waals surface area contributed by atoms with E-state index < -0.39 is 0 Å². The summed E-state index contributed by atoms with van der Waals surface area (Å²) in [5, 5.41) is 0. The number of carbonyl (C=O) groups is 1. The lowest BCUT2D eigenvalue weighted by atomic mass is 9.94. The van der Waals surface area contributed by atoms with Gasteiger partial charge < -0.3 is 14.4 Å². The molecule has 1 fully saturated rings. The first-order valence-electron chi connectivity index (χ1n) is 9.15. The maximum atomic E-state index is 13.1. The molecular weight excluding hydrogens is 331 g/mol. The second-order valence-corrected chi connectivity index (χ2v) is 7.36. The molecule has 1 aliphatic rings. The number of piperidine rings is 1. The van der Waals surface area contributed by atoms with E-state index in [1.165, 1.54) is 12.1 Å². The average molecular weight is 358 g/mol. The van der Waals surface area contributed by atoms with Crippen LogP contribution < -0.4 is 0 Å². The van der Waals surface area contributed by atoms with Crippen molar-refractivity contribution in [3.63, 3.8) is 0 Å². The number of benzene rings is 1. The third kappa shape index (κ3) is 4.23. The summed E-state index contributed by atoms with van der Waals surface area (Å²) in [6, 6.07) is 6.70. The molecule has 2 amide bonds. The van der Waals surface area contributed by atoms with Gasteiger partial charge in [0.25, 0.3) is 0 Å². The third-order valence-electron chi connectivity index (χ3n) is 5.04. The Bertz CT molecular complexity index is 754. The Morgan fingerprint density at radius 1 is 1.31 bits per heavy atom. The van der Waals surface area contributed by atoms with Crippen molar-refractivity contribution in [3.05, 3.63) is 53.4 Å². The second-order valence-electron chi connectivity index (χ2n) is 7.36. The van der Waals surface area contributed by atoms with Crippen LogP contribution >= 0.6 is 0 Å². The molecule has 1 aromatic heterocycles. The number of rotatable bonds is 4. The monoisotopic (exact) mass is 358 g/mol. The van der Waals surface area contributed by atoms with Gasteiger partial charge in [-0.05, 0) is 43.4 Å². The number of carbonyl (C=O) groups excluding carboxylic acids is 1. The summed E-state index contributed by atoms with van der Waals surface area (Å²) < 4.78 is 15.3. The topological polar surface area (TPSA) is 41.4 Å². The van der Waals surface area contributed by atoms with Crippen LogP contribution in [0.2, 0.25) is 0 Å². The third-order valence-corrected chi connectivity index (χ3v) is 5.04. The Morgan fingerprint density at radius 3 is 2.73 bits per heavy atom. The predicted molar refractivity (Wildman–Crippen MR) is 99.6 cm³/mol. The van der Waals surface area contributed by atoms with Crippen LogP contribution in [-0.2, 0) is 13.0 Å². The molecule has 26 heavy (non-hydrogen) atoms. The van der Waals surface area contributed by atoms with Crippen LogP contribution in [0.5, 0.6) is 0 Å². The first kappa shape index (κ1) is 18.4. The smallest absolute Gasteiger partial charge is 0.319 e.